The van der Waals surface area contributed by atoms with E-state index in [0.29, 0.717) is 5.56 Å². The van der Waals surface area contributed by atoms with Gasteiger partial charge < -0.3 is 5.73 Å². The monoisotopic (exact) mass is 183 g/mol. The highest BCUT2D eigenvalue weighted by molar-refractivity contribution is 5.40. The van der Waals surface area contributed by atoms with Crippen molar-refractivity contribution in [3.05, 3.63) is 35.9 Å². The Kier molecular flexibility index (Phi) is 1.52. The zero-order valence-electron chi connectivity index (χ0n) is 7.30. The summed E-state index contributed by atoms with van der Waals surface area (Å²) in [5, 5.41) is 0. The molecule has 0 unspecified atom stereocenters. The van der Waals surface area contributed by atoms with Crippen LogP contribution in [0.25, 0.3) is 0 Å². The number of rotatable bonds is 1. The predicted molar refractivity (Wildman–Crippen MR) is 46.7 cm³/mol. The summed E-state index contributed by atoms with van der Waals surface area (Å²) in [6.07, 6.45) is 0. The van der Waals surface area contributed by atoms with Crippen LogP contribution in [0.3, 0.4) is 0 Å². The number of halogens is 2. The van der Waals surface area contributed by atoms with Gasteiger partial charge in [-0.25, -0.2) is 8.78 Å². The fraction of sp³-hybridized carbons (Fsp3) is 0.400. The van der Waals surface area contributed by atoms with Gasteiger partial charge in [-0.3, -0.25) is 0 Å². The molecule has 2 rings (SSSR count). The quantitative estimate of drug-likeness (QED) is 0.709. The highest BCUT2D eigenvalue weighted by Crippen LogP contribution is 2.62. The first-order chi connectivity index (χ1) is 5.98. The normalized spacial score (nSPS) is 35.8. The summed E-state index contributed by atoms with van der Waals surface area (Å²) >= 11 is 0. The van der Waals surface area contributed by atoms with Gasteiger partial charge in [0.1, 0.15) is 0 Å². The average Bonchev–Trinajstić information content (AvgIpc) is 2.44. The standard InChI is InChI=1S/C10H11F2N/c1-9(13)8(10(9,11)12)7-5-3-2-4-6-7/h2-6,8H,13H2,1H3/t8-,9-/m1/s1. The largest absolute Gasteiger partial charge is 0.320 e. The Morgan fingerprint density at radius 3 is 2.08 bits per heavy atom. The summed E-state index contributed by atoms with van der Waals surface area (Å²) in [7, 11) is 0. The second-order valence-electron chi connectivity index (χ2n) is 3.75. The fourth-order valence-electron chi connectivity index (χ4n) is 1.75. The molecule has 2 N–H and O–H groups in total. The van der Waals surface area contributed by atoms with Gasteiger partial charge >= 0.3 is 0 Å². The van der Waals surface area contributed by atoms with Crippen LogP contribution in [0.1, 0.15) is 18.4 Å². The van der Waals surface area contributed by atoms with Crippen LogP contribution >= 0.6 is 0 Å². The molecule has 70 valence electrons. The van der Waals surface area contributed by atoms with E-state index in [-0.39, 0.29) is 0 Å². The van der Waals surface area contributed by atoms with E-state index in [1.165, 1.54) is 6.92 Å². The average molecular weight is 183 g/mol. The molecule has 1 aliphatic carbocycles. The maximum atomic E-state index is 13.1. The minimum atomic E-state index is -2.76. The number of benzene rings is 1. The number of alkyl halides is 2. The van der Waals surface area contributed by atoms with E-state index in [4.69, 9.17) is 5.73 Å². The molecule has 1 aliphatic rings. The summed E-state index contributed by atoms with van der Waals surface area (Å²) in [6, 6.07) is 8.69. The molecule has 0 heterocycles. The second-order valence-corrected chi connectivity index (χ2v) is 3.75. The van der Waals surface area contributed by atoms with Crippen molar-refractivity contribution in [2.75, 3.05) is 0 Å². The van der Waals surface area contributed by atoms with Crippen LogP contribution < -0.4 is 5.73 Å². The van der Waals surface area contributed by atoms with E-state index in [2.05, 4.69) is 0 Å². The molecule has 0 amide bonds. The molecule has 1 fully saturated rings. The fourth-order valence-corrected chi connectivity index (χ4v) is 1.75. The van der Waals surface area contributed by atoms with Gasteiger partial charge in [0.2, 0.25) is 0 Å². The van der Waals surface area contributed by atoms with E-state index < -0.39 is 17.4 Å². The molecule has 1 nitrogen and oxygen atoms in total. The second kappa shape index (κ2) is 2.29. The van der Waals surface area contributed by atoms with Crippen LogP contribution in [0, 0.1) is 0 Å². The van der Waals surface area contributed by atoms with Gasteiger partial charge in [-0.05, 0) is 12.5 Å². The maximum Gasteiger partial charge on any atom is 0.274 e. The van der Waals surface area contributed by atoms with E-state index in [9.17, 15) is 8.78 Å². The topological polar surface area (TPSA) is 26.0 Å². The summed E-state index contributed by atoms with van der Waals surface area (Å²) < 4.78 is 26.3. The van der Waals surface area contributed by atoms with Gasteiger partial charge in [0.05, 0.1) is 11.5 Å². The molecule has 0 aliphatic heterocycles. The minimum Gasteiger partial charge on any atom is -0.320 e. The van der Waals surface area contributed by atoms with Crippen LogP contribution in [0.4, 0.5) is 8.78 Å². The third-order valence-corrected chi connectivity index (χ3v) is 2.73. The van der Waals surface area contributed by atoms with Crippen LogP contribution in [0.2, 0.25) is 0 Å². The van der Waals surface area contributed by atoms with Crippen molar-refractivity contribution < 1.29 is 8.78 Å². The number of hydrogen-bond donors (Lipinski definition) is 1. The van der Waals surface area contributed by atoms with Crippen molar-refractivity contribution in [3.63, 3.8) is 0 Å². The minimum absolute atomic E-state index is 0.623. The highest BCUT2D eigenvalue weighted by Gasteiger charge is 2.76. The third-order valence-electron chi connectivity index (χ3n) is 2.73. The van der Waals surface area contributed by atoms with Crippen molar-refractivity contribution in [1.29, 1.82) is 0 Å². The van der Waals surface area contributed by atoms with Gasteiger partial charge in [-0.2, -0.15) is 0 Å². The smallest absolute Gasteiger partial charge is 0.274 e. The van der Waals surface area contributed by atoms with E-state index in [1.807, 2.05) is 0 Å². The summed E-state index contributed by atoms with van der Waals surface area (Å²) in [4.78, 5) is 0. The van der Waals surface area contributed by atoms with E-state index in [0.717, 1.165) is 0 Å². The molecule has 1 aromatic rings. The number of hydrogen-bond acceptors (Lipinski definition) is 1. The van der Waals surface area contributed by atoms with Gasteiger partial charge in [0, 0.05) is 0 Å². The van der Waals surface area contributed by atoms with Crippen LogP contribution in [-0.4, -0.2) is 11.5 Å². The zero-order valence-corrected chi connectivity index (χ0v) is 7.30. The third kappa shape index (κ3) is 1.000. The van der Waals surface area contributed by atoms with Crippen molar-refractivity contribution in [3.8, 4) is 0 Å². The molecule has 0 spiro atoms. The molecule has 0 radical (unpaired) electrons. The molecule has 1 saturated carbocycles. The van der Waals surface area contributed by atoms with E-state index in [1.54, 1.807) is 30.3 Å². The summed E-state index contributed by atoms with van der Waals surface area (Å²) in [5.41, 5.74) is 4.73. The Balaban J connectivity index is 2.33. The molecule has 13 heavy (non-hydrogen) atoms. The van der Waals surface area contributed by atoms with E-state index >= 15 is 0 Å². The van der Waals surface area contributed by atoms with Crippen molar-refractivity contribution in [2.24, 2.45) is 5.73 Å². The van der Waals surface area contributed by atoms with Gasteiger partial charge in [0.25, 0.3) is 5.92 Å². The zero-order chi connectivity index (χ0) is 9.69. The lowest BCUT2D eigenvalue weighted by molar-refractivity contribution is 0.0886. The molecule has 1 aromatic carbocycles. The Bertz CT molecular complexity index is 305. The van der Waals surface area contributed by atoms with Crippen molar-refractivity contribution >= 4 is 0 Å². The molecule has 0 bridgehead atoms. The molecule has 0 saturated heterocycles. The lowest BCUT2D eigenvalue weighted by Crippen LogP contribution is -2.25. The first-order valence-corrected chi connectivity index (χ1v) is 4.19. The Morgan fingerprint density at radius 1 is 1.23 bits per heavy atom. The van der Waals surface area contributed by atoms with Gasteiger partial charge in [-0.1, -0.05) is 30.3 Å². The molecule has 2 atom stereocenters. The number of nitrogens with two attached hydrogens (primary N) is 1. The first-order valence-electron chi connectivity index (χ1n) is 4.19. The lowest BCUT2D eigenvalue weighted by Gasteiger charge is -1.99. The van der Waals surface area contributed by atoms with Crippen LogP contribution in [0.15, 0.2) is 30.3 Å². The van der Waals surface area contributed by atoms with Crippen molar-refractivity contribution in [1.82, 2.24) is 0 Å². The van der Waals surface area contributed by atoms with Crippen molar-refractivity contribution in [2.45, 2.75) is 24.3 Å². The predicted octanol–water partition coefficient (Wildman–Crippen LogP) is 2.14. The SMILES string of the molecule is C[C@@]1(N)[C@@H](c2ccccc2)C1(F)F. The molecule has 3 heteroatoms. The molecular formula is C10H11F2N. The first kappa shape index (κ1) is 8.63. The van der Waals surface area contributed by atoms with Gasteiger partial charge in [-0.15, -0.1) is 0 Å². The summed E-state index contributed by atoms with van der Waals surface area (Å²) in [5.74, 6) is -3.57. The van der Waals surface area contributed by atoms with Crippen LogP contribution in [0.5, 0.6) is 0 Å². The summed E-state index contributed by atoms with van der Waals surface area (Å²) in [6.45, 7) is 1.39. The Morgan fingerprint density at radius 2 is 1.69 bits per heavy atom. The molecular weight excluding hydrogens is 172 g/mol. The Hall–Kier alpha value is -0.960. The van der Waals surface area contributed by atoms with Gasteiger partial charge in [0.15, 0.2) is 0 Å². The Labute approximate surface area is 75.6 Å². The maximum absolute atomic E-state index is 13.1. The lowest BCUT2D eigenvalue weighted by atomic mass is 10.1. The van der Waals surface area contributed by atoms with Crippen LogP contribution in [-0.2, 0) is 0 Å². The molecule has 0 aromatic heterocycles. The highest BCUT2D eigenvalue weighted by atomic mass is 19.3.